The maximum atomic E-state index is 12.2. The Bertz CT molecular complexity index is 474. The summed E-state index contributed by atoms with van der Waals surface area (Å²) in [5, 5.41) is 27.1. The van der Waals surface area contributed by atoms with Crippen LogP contribution in [0.3, 0.4) is 0 Å². The summed E-state index contributed by atoms with van der Waals surface area (Å²) in [7, 11) is 0. The van der Waals surface area contributed by atoms with E-state index in [0.717, 1.165) is 16.7 Å². The number of aliphatic carboxylic acids is 1. The van der Waals surface area contributed by atoms with E-state index in [9.17, 15) is 33.0 Å². The molecule has 0 bridgehead atoms. The summed E-state index contributed by atoms with van der Waals surface area (Å²) in [6.45, 7) is -0.441. The van der Waals surface area contributed by atoms with Crippen LogP contribution < -0.4 is 0 Å². The summed E-state index contributed by atoms with van der Waals surface area (Å²) < 4.78 is 37.3. The predicted molar refractivity (Wildman–Crippen MR) is 54.6 cm³/mol. The lowest BCUT2D eigenvalue weighted by atomic mass is 10.00. The molecule has 1 unspecified atom stereocenters. The maximum absolute atomic E-state index is 12.2. The summed E-state index contributed by atoms with van der Waals surface area (Å²) in [6.07, 6.45) is -5.95. The number of Topliss-reactive ketones (excluding diaryl/α,β-unsaturated/α-hetero) is 1. The zero-order valence-electron chi connectivity index (χ0n) is 9.39. The molecule has 0 saturated carbocycles. The van der Waals surface area contributed by atoms with Crippen molar-refractivity contribution in [3.63, 3.8) is 0 Å². The molecule has 0 saturated heterocycles. The number of alkyl halides is 3. The molecule has 1 heterocycles. The highest BCUT2D eigenvalue weighted by Gasteiger charge is 2.46. The Morgan fingerprint density at radius 3 is 2.05 bits per heavy atom. The molecule has 0 fully saturated rings. The predicted octanol–water partition coefficient (Wildman–Crippen LogP) is 1.12. The molecule has 0 aliphatic carbocycles. The van der Waals surface area contributed by atoms with Gasteiger partial charge in [-0.05, 0) is 6.42 Å². The van der Waals surface area contributed by atoms with Crippen molar-refractivity contribution in [1.29, 1.82) is 0 Å². The largest absolute Gasteiger partial charge is 0.494 e. The zero-order valence-corrected chi connectivity index (χ0v) is 9.39. The van der Waals surface area contributed by atoms with Crippen LogP contribution in [0, 0.1) is 5.92 Å². The Kier molecular flexibility index (Phi) is 4.07. The van der Waals surface area contributed by atoms with Gasteiger partial charge in [0.15, 0.2) is 11.8 Å². The van der Waals surface area contributed by atoms with Gasteiger partial charge in [-0.1, -0.05) is 0 Å². The second kappa shape index (κ2) is 5.21. The third-order valence-corrected chi connectivity index (χ3v) is 2.47. The number of nitrogens with zero attached hydrogens (tertiary/aromatic N) is 1. The van der Waals surface area contributed by atoms with E-state index in [4.69, 9.17) is 5.11 Å². The van der Waals surface area contributed by atoms with E-state index < -0.39 is 48.6 Å². The van der Waals surface area contributed by atoms with E-state index in [2.05, 4.69) is 0 Å². The lowest BCUT2D eigenvalue weighted by Crippen LogP contribution is -2.35. The Morgan fingerprint density at radius 1 is 1.21 bits per heavy atom. The van der Waals surface area contributed by atoms with Crippen LogP contribution in [0.5, 0.6) is 11.8 Å². The van der Waals surface area contributed by atoms with Gasteiger partial charge in [0.25, 0.3) is 0 Å². The van der Waals surface area contributed by atoms with Gasteiger partial charge in [-0.3, -0.25) is 14.2 Å². The molecule has 1 aromatic rings. The fraction of sp³-hybridized carbons (Fsp3) is 0.400. The molecule has 0 aromatic carbocycles. The Labute approximate surface area is 104 Å². The first kappa shape index (κ1) is 14.9. The Balaban J connectivity index is 2.82. The molecule has 19 heavy (non-hydrogen) atoms. The molecule has 1 aromatic heterocycles. The van der Waals surface area contributed by atoms with Gasteiger partial charge >= 0.3 is 12.1 Å². The third-order valence-electron chi connectivity index (χ3n) is 2.47. The number of carboxylic acid groups (broad SMARTS) is 1. The minimum absolute atomic E-state index is 0.441. The molecular formula is C10H10F3NO5. The number of ketones is 1. The van der Waals surface area contributed by atoms with E-state index in [0.29, 0.717) is 0 Å². The minimum atomic E-state index is -5.25. The number of carbonyl (C=O) groups is 2. The number of halogens is 3. The summed E-state index contributed by atoms with van der Waals surface area (Å²) in [5.74, 6) is -7.44. The van der Waals surface area contributed by atoms with E-state index in [1.54, 1.807) is 0 Å². The first-order chi connectivity index (χ1) is 8.64. The summed E-state index contributed by atoms with van der Waals surface area (Å²) in [4.78, 5) is 21.6. The topological polar surface area (TPSA) is 99.8 Å². The molecule has 0 amide bonds. The van der Waals surface area contributed by atoms with Crippen molar-refractivity contribution < 1.29 is 38.1 Å². The summed E-state index contributed by atoms with van der Waals surface area (Å²) >= 11 is 0. The highest BCUT2D eigenvalue weighted by atomic mass is 19.4. The van der Waals surface area contributed by atoms with E-state index in [-0.39, 0.29) is 0 Å². The SMILES string of the molecule is O=C(O)C(CCn1c(O)ccc1O)C(=O)C(F)(F)F. The minimum Gasteiger partial charge on any atom is -0.494 e. The number of rotatable bonds is 5. The average Bonchev–Trinajstić information content (AvgIpc) is 2.58. The highest BCUT2D eigenvalue weighted by Crippen LogP contribution is 2.26. The van der Waals surface area contributed by atoms with Gasteiger partial charge in [0, 0.05) is 18.7 Å². The second-order valence-corrected chi connectivity index (χ2v) is 3.74. The summed E-state index contributed by atoms with van der Waals surface area (Å²) in [6, 6.07) is 2.16. The van der Waals surface area contributed by atoms with Crippen LogP contribution in [-0.4, -0.2) is 37.8 Å². The van der Waals surface area contributed by atoms with E-state index >= 15 is 0 Å². The smallest absolute Gasteiger partial charge is 0.450 e. The fourth-order valence-electron chi connectivity index (χ4n) is 1.50. The average molecular weight is 281 g/mol. The van der Waals surface area contributed by atoms with Gasteiger partial charge in [-0.2, -0.15) is 13.2 Å². The number of carboxylic acids is 1. The van der Waals surface area contributed by atoms with Gasteiger partial charge in [0.05, 0.1) is 0 Å². The Hall–Kier alpha value is -2.19. The van der Waals surface area contributed by atoms with Gasteiger partial charge in [-0.25, -0.2) is 0 Å². The lowest BCUT2D eigenvalue weighted by molar-refractivity contribution is -0.180. The van der Waals surface area contributed by atoms with Crippen molar-refractivity contribution in [2.24, 2.45) is 5.92 Å². The molecule has 0 aliphatic rings. The zero-order chi connectivity index (χ0) is 14.8. The van der Waals surface area contributed by atoms with Crippen LogP contribution in [0.2, 0.25) is 0 Å². The first-order valence-corrected chi connectivity index (χ1v) is 5.06. The molecule has 6 nitrogen and oxygen atoms in total. The van der Waals surface area contributed by atoms with Crippen LogP contribution in [0.4, 0.5) is 13.2 Å². The quantitative estimate of drug-likeness (QED) is 0.702. The van der Waals surface area contributed by atoms with Crippen molar-refractivity contribution in [1.82, 2.24) is 4.57 Å². The molecule has 3 N–H and O–H groups in total. The molecule has 1 rings (SSSR count). The standard InChI is InChI=1S/C10H10F3NO5/c11-10(12,13)8(17)5(9(18)19)3-4-14-6(15)1-2-7(14)16/h1-2,5,15-16H,3-4H2,(H,18,19). The third kappa shape index (κ3) is 3.39. The number of carbonyl (C=O) groups excluding carboxylic acids is 1. The van der Waals surface area contributed by atoms with Gasteiger partial charge in [-0.15, -0.1) is 0 Å². The lowest BCUT2D eigenvalue weighted by Gasteiger charge is -2.14. The van der Waals surface area contributed by atoms with Crippen molar-refractivity contribution >= 4 is 11.8 Å². The molecule has 0 aliphatic heterocycles. The van der Waals surface area contributed by atoms with Crippen LogP contribution in [0.25, 0.3) is 0 Å². The summed E-state index contributed by atoms with van der Waals surface area (Å²) in [5.41, 5.74) is 0. The normalized spacial score (nSPS) is 13.2. The Morgan fingerprint density at radius 2 is 1.68 bits per heavy atom. The highest BCUT2D eigenvalue weighted by molar-refractivity contribution is 6.01. The van der Waals surface area contributed by atoms with Crippen LogP contribution in [0.15, 0.2) is 12.1 Å². The molecular weight excluding hydrogens is 271 g/mol. The van der Waals surface area contributed by atoms with Crippen LogP contribution >= 0.6 is 0 Å². The molecule has 106 valence electrons. The fourth-order valence-corrected chi connectivity index (χ4v) is 1.50. The van der Waals surface area contributed by atoms with Gasteiger partial charge in [0.2, 0.25) is 5.78 Å². The van der Waals surface area contributed by atoms with E-state index in [1.165, 1.54) is 0 Å². The molecule has 9 heteroatoms. The van der Waals surface area contributed by atoms with Crippen molar-refractivity contribution in [2.45, 2.75) is 19.1 Å². The van der Waals surface area contributed by atoms with Crippen LogP contribution in [-0.2, 0) is 16.1 Å². The first-order valence-electron chi connectivity index (χ1n) is 5.06. The molecule has 0 spiro atoms. The molecule has 1 atom stereocenters. The van der Waals surface area contributed by atoms with Gasteiger partial charge < -0.3 is 15.3 Å². The van der Waals surface area contributed by atoms with Crippen molar-refractivity contribution in [3.05, 3.63) is 12.1 Å². The van der Waals surface area contributed by atoms with Gasteiger partial charge in [0.1, 0.15) is 5.92 Å². The van der Waals surface area contributed by atoms with E-state index in [1.807, 2.05) is 0 Å². The van der Waals surface area contributed by atoms with Crippen molar-refractivity contribution in [2.75, 3.05) is 0 Å². The number of hydrogen-bond donors (Lipinski definition) is 3. The maximum Gasteiger partial charge on any atom is 0.450 e. The number of aromatic hydroxyl groups is 2. The van der Waals surface area contributed by atoms with Crippen LogP contribution in [0.1, 0.15) is 6.42 Å². The monoisotopic (exact) mass is 281 g/mol. The number of aromatic nitrogens is 1. The molecule has 0 radical (unpaired) electrons. The second-order valence-electron chi connectivity index (χ2n) is 3.74. The number of hydrogen-bond acceptors (Lipinski definition) is 4. The van der Waals surface area contributed by atoms with Crippen molar-refractivity contribution in [3.8, 4) is 11.8 Å².